The number of alkyl halides is 5. The number of amidine groups is 1. The standard InChI is InChI=1S/C26H35F5N2O3S/c1-6-19(12-13-37-24(32-9-4)33-18(5)34)10-11-22-16-35-17-25(27,28)23(20(7-2)15-36-22)14-21(8-3)26(29,30)31/h6-7,10-11,14,16,18,34H,2,8-9,12-13,15,17H2,1,3-5H3,(H,32,33)/b11-10-,19-6+,21-14+,22-16-,23-20-. The van der Waals surface area contributed by atoms with Crippen LogP contribution in [0.25, 0.3) is 0 Å². The van der Waals surface area contributed by atoms with Crippen molar-refractivity contribution in [3.63, 3.8) is 0 Å². The zero-order valence-corrected chi connectivity index (χ0v) is 22.3. The van der Waals surface area contributed by atoms with Crippen LogP contribution in [0.5, 0.6) is 0 Å². The molecule has 0 saturated carbocycles. The van der Waals surface area contributed by atoms with Gasteiger partial charge in [-0.2, -0.15) is 22.0 Å². The fourth-order valence-electron chi connectivity index (χ4n) is 3.06. The van der Waals surface area contributed by atoms with Gasteiger partial charge in [0.25, 0.3) is 0 Å². The summed E-state index contributed by atoms with van der Waals surface area (Å²) in [4.78, 5) is 4.29. The first-order valence-electron chi connectivity index (χ1n) is 11.8. The van der Waals surface area contributed by atoms with Crippen LogP contribution in [0.15, 0.2) is 76.3 Å². The molecule has 0 saturated heterocycles. The van der Waals surface area contributed by atoms with Crippen molar-refractivity contribution in [2.45, 2.75) is 58.9 Å². The third-order valence-electron chi connectivity index (χ3n) is 5.00. The van der Waals surface area contributed by atoms with Gasteiger partial charge >= 0.3 is 12.1 Å². The fraction of sp³-hybridized carbons (Fsp3) is 0.500. The molecule has 1 aliphatic heterocycles. The Morgan fingerprint density at radius 1 is 1.35 bits per heavy atom. The van der Waals surface area contributed by atoms with Crippen LogP contribution in [0.4, 0.5) is 22.0 Å². The molecule has 0 aromatic rings. The van der Waals surface area contributed by atoms with E-state index in [2.05, 4.69) is 16.9 Å². The quantitative estimate of drug-likeness (QED) is 0.103. The number of ether oxygens (including phenoxy) is 2. The van der Waals surface area contributed by atoms with Crippen molar-refractivity contribution in [1.82, 2.24) is 5.32 Å². The summed E-state index contributed by atoms with van der Waals surface area (Å²) in [6.45, 7) is 9.06. The van der Waals surface area contributed by atoms with Crippen molar-refractivity contribution < 1.29 is 36.5 Å². The number of hydrogen-bond donors (Lipinski definition) is 2. The molecule has 0 fully saturated rings. The van der Waals surface area contributed by atoms with Crippen LogP contribution in [0.3, 0.4) is 0 Å². The summed E-state index contributed by atoms with van der Waals surface area (Å²) in [5.41, 5.74) is -1.17. The Morgan fingerprint density at radius 3 is 2.59 bits per heavy atom. The maximum atomic E-state index is 14.9. The van der Waals surface area contributed by atoms with Crippen molar-refractivity contribution in [2.75, 3.05) is 25.5 Å². The summed E-state index contributed by atoms with van der Waals surface area (Å²) in [5.74, 6) is -2.91. The lowest BCUT2D eigenvalue weighted by atomic mass is 9.98. The number of rotatable bonds is 10. The van der Waals surface area contributed by atoms with Crippen LogP contribution in [-0.4, -0.2) is 54.1 Å². The van der Waals surface area contributed by atoms with Gasteiger partial charge in [-0.1, -0.05) is 49.1 Å². The Bertz CT molecular complexity index is 948. The van der Waals surface area contributed by atoms with Crippen molar-refractivity contribution in [3.05, 3.63) is 71.3 Å². The second-order valence-electron chi connectivity index (χ2n) is 7.88. The lowest BCUT2D eigenvalue weighted by Crippen LogP contribution is -2.30. The minimum atomic E-state index is -4.74. The molecule has 37 heavy (non-hydrogen) atoms. The van der Waals surface area contributed by atoms with Crippen molar-refractivity contribution in [2.24, 2.45) is 4.99 Å². The third kappa shape index (κ3) is 11.6. The summed E-state index contributed by atoms with van der Waals surface area (Å²) < 4.78 is 80.1. The van der Waals surface area contributed by atoms with E-state index in [0.29, 0.717) is 30.0 Å². The molecule has 0 radical (unpaired) electrons. The lowest BCUT2D eigenvalue weighted by Gasteiger charge is -2.21. The number of aliphatic hydroxyl groups excluding tert-OH is 1. The van der Waals surface area contributed by atoms with Crippen LogP contribution >= 0.6 is 11.8 Å². The predicted molar refractivity (Wildman–Crippen MR) is 139 cm³/mol. The van der Waals surface area contributed by atoms with Gasteiger partial charge in [0, 0.05) is 23.4 Å². The van der Waals surface area contributed by atoms with E-state index in [1.54, 1.807) is 19.1 Å². The number of aliphatic hydroxyl groups is 1. The van der Waals surface area contributed by atoms with Gasteiger partial charge in [-0.05, 0) is 51.3 Å². The molecular formula is C26H35F5N2O3S. The molecule has 0 aliphatic carbocycles. The zero-order valence-electron chi connectivity index (χ0n) is 21.5. The first-order chi connectivity index (χ1) is 17.4. The van der Waals surface area contributed by atoms with Crippen LogP contribution < -0.4 is 5.32 Å². The number of allylic oxidation sites excluding steroid dienone is 6. The Morgan fingerprint density at radius 2 is 2.05 bits per heavy atom. The highest BCUT2D eigenvalue weighted by molar-refractivity contribution is 8.13. The van der Waals surface area contributed by atoms with E-state index in [1.165, 1.54) is 18.7 Å². The number of hydrogen-bond acceptors (Lipinski definition) is 5. The molecule has 1 heterocycles. The summed E-state index contributed by atoms with van der Waals surface area (Å²) in [7, 11) is 0. The third-order valence-corrected chi connectivity index (χ3v) is 5.93. The Kier molecular flexibility index (Phi) is 13.8. The maximum absolute atomic E-state index is 14.9. The van der Waals surface area contributed by atoms with Crippen molar-refractivity contribution >= 4 is 16.9 Å². The van der Waals surface area contributed by atoms with Gasteiger partial charge in [0.1, 0.15) is 19.1 Å². The molecule has 5 nitrogen and oxygen atoms in total. The minimum Gasteiger partial charge on any atom is -0.491 e. The molecule has 1 rings (SSSR count). The number of nitrogens with zero attached hydrogens (tertiary/aromatic N) is 1. The monoisotopic (exact) mass is 550 g/mol. The van der Waals surface area contributed by atoms with Crippen LogP contribution in [0.2, 0.25) is 0 Å². The van der Waals surface area contributed by atoms with Gasteiger partial charge in [0.2, 0.25) is 0 Å². The molecule has 0 amide bonds. The van der Waals surface area contributed by atoms with E-state index in [0.717, 1.165) is 17.9 Å². The van der Waals surface area contributed by atoms with Gasteiger partial charge in [-0.25, -0.2) is 0 Å². The molecule has 0 aromatic carbocycles. The van der Waals surface area contributed by atoms with Crippen LogP contribution in [-0.2, 0) is 9.47 Å². The number of nitrogens with one attached hydrogen (secondary N) is 1. The molecule has 1 unspecified atom stereocenters. The van der Waals surface area contributed by atoms with Gasteiger partial charge in [-0.3, -0.25) is 4.99 Å². The minimum absolute atomic E-state index is 0.128. The van der Waals surface area contributed by atoms with E-state index in [-0.39, 0.29) is 11.3 Å². The van der Waals surface area contributed by atoms with Crippen LogP contribution in [0, 0.1) is 0 Å². The van der Waals surface area contributed by atoms with Crippen molar-refractivity contribution in [1.29, 1.82) is 0 Å². The van der Waals surface area contributed by atoms with Crippen molar-refractivity contribution in [3.8, 4) is 0 Å². The molecule has 0 spiro atoms. The van der Waals surface area contributed by atoms with Gasteiger partial charge in [0.15, 0.2) is 17.5 Å². The second-order valence-corrected chi connectivity index (χ2v) is 8.97. The molecule has 11 heteroatoms. The Balaban J connectivity index is 3.04. The first-order valence-corrected chi connectivity index (χ1v) is 12.8. The van der Waals surface area contributed by atoms with Gasteiger partial charge < -0.3 is 19.9 Å². The van der Waals surface area contributed by atoms with E-state index in [1.807, 2.05) is 19.9 Å². The number of aliphatic imine (C=N–C) groups is 1. The molecule has 0 bridgehead atoms. The summed E-state index contributed by atoms with van der Waals surface area (Å²) >= 11 is 1.45. The second kappa shape index (κ2) is 15.7. The van der Waals surface area contributed by atoms with E-state index >= 15 is 0 Å². The lowest BCUT2D eigenvalue weighted by molar-refractivity contribution is -0.0939. The van der Waals surface area contributed by atoms with Gasteiger partial charge in [0.05, 0.1) is 0 Å². The van der Waals surface area contributed by atoms with Gasteiger partial charge in [-0.15, -0.1) is 0 Å². The molecule has 1 aliphatic rings. The number of thioether (sulfide) groups is 1. The van der Waals surface area contributed by atoms with E-state index in [4.69, 9.17) is 9.47 Å². The van der Waals surface area contributed by atoms with E-state index in [9.17, 15) is 27.1 Å². The highest BCUT2D eigenvalue weighted by atomic mass is 32.2. The zero-order chi connectivity index (χ0) is 28.1. The normalized spacial score (nSPS) is 22.2. The molecule has 1 atom stereocenters. The summed E-state index contributed by atoms with van der Waals surface area (Å²) in [5, 5.41) is 13.0. The SMILES string of the molecule is C=C/C1=C(\C=C(/CC)C(F)(F)F)C(F)(F)CO/C=C(/C=C\C(=C/C)CCSC(=NCC)NC(C)O)OC1. The summed E-state index contributed by atoms with van der Waals surface area (Å²) in [6, 6.07) is 0. The highest BCUT2D eigenvalue weighted by Crippen LogP contribution is 2.36. The number of halogens is 5. The average molecular weight is 551 g/mol. The maximum Gasteiger partial charge on any atom is 0.412 e. The first kappa shape index (κ1) is 32.5. The van der Waals surface area contributed by atoms with E-state index < -0.39 is 49.1 Å². The topological polar surface area (TPSA) is 63.1 Å². The summed E-state index contributed by atoms with van der Waals surface area (Å²) in [6.07, 6.45) is 2.40. The fourth-order valence-corrected chi connectivity index (χ4v) is 4.07. The average Bonchev–Trinajstić information content (AvgIpc) is 2.86. The molecule has 2 N–H and O–H groups in total. The molecular weight excluding hydrogens is 515 g/mol. The predicted octanol–water partition coefficient (Wildman–Crippen LogP) is 6.82. The molecule has 0 aromatic heterocycles. The Labute approximate surface area is 219 Å². The van der Waals surface area contributed by atoms with Crippen LogP contribution in [0.1, 0.15) is 40.5 Å². The smallest absolute Gasteiger partial charge is 0.412 e. The Hall–Kier alpha value is -2.53. The molecule has 208 valence electrons. The highest BCUT2D eigenvalue weighted by Gasteiger charge is 2.40. The largest absolute Gasteiger partial charge is 0.491 e.